The van der Waals surface area contributed by atoms with E-state index in [1.807, 2.05) is 31.0 Å². The van der Waals surface area contributed by atoms with Crippen LogP contribution in [0.2, 0.25) is 0 Å². The van der Waals surface area contributed by atoms with E-state index in [9.17, 15) is 0 Å². The molecule has 110 valence electrons. The van der Waals surface area contributed by atoms with Gasteiger partial charge >= 0.3 is 0 Å². The first kappa shape index (κ1) is 14.8. The molecule has 5 nitrogen and oxygen atoms in total. The van der Waals surface area contributed by atoms with Gasteiger partial charge in [0.2, 0.25) is 0 Å². The molecule has 0 radical (unpaired) electrons. The summed E-state index contributed by atoms with van der Waals surface area (Å²) in [4.78, 5) is 6.36. The van der Waals surface area contributed by atoms with Gasteiger partial charge < -0.3 is 15.8 Å². The topological polar surface area (TPSA) is 74.7 Å². The van der Waals surface area contributed by atoms with E-state index < -0.39 is 0 Å². The quantitative estimate of drug-likeness (QED) is 0.393. The number of anilines is 2. The lowest BCUT2D eigenvalue weighted by atomic mass is 10.1. The largest absolute Gasteiger partial charge is 0.409 e. The maximum atomic E-state index is 9.00. The molecule has 2 rings (SSSR count). The molecule has 0 saturated heterocycles. The number of pyridine rings is 1. The highest BCUT2D eigenvalue weighted by Crippen LogP contribution is 2.29. The zero-order valence-corrected chi connectivity index (χ0v) is 12.8. The van der Waals surface area contributed by atoms with Crippen LogP contribution in [-0.4, -0.2) is 23.1 Å². The van der Waals surface area contributed by atoms with Gasteiger partial charge in [-0.15, -0.1) is 0 Å². The fraction of sp³-hybridized carbons (Fsp3) is 0.250. The molecule has 5 heteroatoms. The predicted octanol–water partition coefficient (Wildman–Crippen LogP) is 2.87. The summed E-state index contributed by atoms with van der Waals surface area (Å²) >= 11 is 0. The number of aryl methyl sites for hydroxylation is 3. The molecule has 1 aromatic carbocycles. The van der Waals surface area contributed by atoms with Crippen molar-refractivity contribution in [3.63, 3.8) is 0 Å². The third-order valence-electron chi connectivity index (χ3n) is 3.53. The SMILES string of the molecule is Cc1ccc(N(C)c2nccc(C)c2/C(N)=N/O)c(C)c1. The molecular formula is C16H20N4O. The summed E-state index contributed by atoms with van der Waals surface area (Å²) in [7, 11) is 1.92. The Morgan fingerprint density at radius 2 is 1.90 bits per heavy atom. The summed E-state index contributed by atoms with van der Waals surface area (Å²) in [5, 5.41) is 12.1. The number of nitrogens with two attached hydrogens (primary N) is 1. The molecule has 1 aromatic heterocycles. The van der Waals surface area contributed by atoms with Gasteiger partial charge in [0.05, 0.1) is 5.56 Å². The highest BCUT2D eigenvalue weighted by atomic mass is 16.4. The van der Waals surface area contributed by atoms with Crippen molar-refractivity contribution < 1.29 is 5.21 Å². The van der Waals surface area contributed by atoms with E-state index in [2.05, 4.69) is 36.1 Å². The molecule has 0 saturated carbocycles. The fourth-order valence-corrected chi connectivity index (χ4v) is 2.46. The van der Waals surface area contributed by atoms with Gasteiger partial charge in [0.1, 0.15) is 5.82 Å². The molecular weight excluding hydrogens is 264 g/mol. The van der Waals surface area contributed by atoms with Gasteiger partial charge in [0, 0.05) is 18.9 Å². The summed E-state index contributed by atoms with van der Waals surface area (Å²) in [6.07, 6.45) is 1.72. The van der Waals surface area contributed by atoms with E-state index in [-0.39, 0.29) is 5.84 Å². The van der Waals surface area contributed by atoms with Crippen molar-refractivity contribution in [3.05, 3.63) is 52.7 Å². The summed E-state index contributed by atoms with van der Waals surface area (Å²) in [5.74, 6) is 0.726. The molecule has 0 atom stereocenters. The first-order valence-electron chi connectivity index (χ1n) is 6.70. The van der Waals surface area contributed by atoms with Crippen molar-refractivity contribution in [1.82, 2.24) is 4.98 Å². The van der Waals surface area contributed by atoms with Crippen LogP contribution in [0.3, 0.4) is 0 Å². The first-order chi connectivity index (χ1) is 9.95. The molecule has 0 aliphatic heterocycles. The monoisotopic (exact) mass is 284 g/mol. The molecule has 21 heavy (non-hydrogen) atoms. The third-order valence-corrected chi connectivity index (χ3v) is 3.53. The van der Waals surface area contributed by atoms with Crippen LogP contribution in [0.1, 0.15) is 22.3 Å². The highest BCUT2D eigenvalue weighted by Gasteiger charge is 2.17. The Bertz CT molecular complexity index is 695. The molecule has 3 N–H and O–H groups in total. The van der Waals surface area contributed by atoms with Crippen molar-refractivity contribution in [2.45, 2.75) is 20.8 Å². The Balaban J connectivity index is 2.58. The van der Waals surface area contributed by atoms with Crippen LogP contribution in [0.15, 0.2) is 35.6 Å². The van der Waals surface area contributed by atoms with Crippen LogP contribution in [0, 0.1) is 20.8 Å². The van der Waals surface area contributed by atoms with Crippen LogP contribution in [0.4, 0.5) is 11.5 Å². The van der Waals surface area contributed by atoms with Crippen molar-refractivity contribution >= 4 is 17.3 Å². The number of benzene rings is 1. The molecule has 0 fully saturated rings. The van der Waals surface area contributed by atoms with Gasteiger partial charge in [0.25, 0.3) is 0 Å². The fourth-order valence-electron chi connectivity index (χ4n) is 2.46. The lowest BCUT2D eigenvalue weighted by Crippen LogP contribution is -2.22. The first-order valence-corrected chi connectivity index (χ1v) is 6.70. The number of hydrogen-bond donors (Lipinski definition) is 2. The van der Waals surface area contributed by atoms with Crippen molar-refractivity contribution in [2.75, 3.05) is 11.9 Å². The minimum atomic E-state index is 0.0622. The normalized spacial score (nSPS) is 11.5. The van der Waals surface area contributed by atoms with Crippen molar-refractivity contribution in [2.24, 2.45) is 10.9 Å². The Morgan fingerprint density at radius 3 is 2.52 bits per heavy atom. The van der Waals surface area contributed by atoms with E-state index in [0.717, 1.165) is 16.8 Å². The molecule has 0 aliphatic carbocycles. The number of hydrogen-bond acceptors (Lipinski definition) is 4. The van der Waals surface area contributed by atoms with Crippen LogP contribution in [0.25, 0.3) is 0 Å². The molecule has 0 aliphatic rings. The molecule has 2 aromatic rings. The Morgan fingerprint density at radius 1 is 1.19 bits per heavy atom. The van der Waals surface area contributed by atoms with E-state index >= 15 is 0 Å². The van der Waals surface area contributed by atoms with E-state index in [1.165, 1.54) is 5.56 Å². The molecule has 0 spiro atoms. The van der Waals surface area contributed by atoms with Crippen LogP contribution in [-0.2, 0) is 0 Å². The van der Waals surface area contributed by atoms with Gasteiger partial charge in [-0.05, 0) is 44.0 Å². The van der Waals surface area contributed by atoms with Crippen LogP contribution in [0.5, 0.6) is 0 Å². The van der Waals surface area contributed by atoms with Crippen molar-refractivity contribution in [3.8, 4) is 0 Å². The van der Waals surface area contributed by atoms with Crippen LogP contribution < -0.4 is 10.6 Å². The molecule has 0 bridgehead atoms. The maximum Gasteiger partial charge on any atom is 0.174 e. The number of aromatic nitrogens is 1. The number of rotatable bonds is 3. The second kappa shape index (κ2) is 5.83. The van der Waals surface area contributed by atoms with Gasteiger partial charge in [-0.3, -0.25) is 0 Å². The molecule has 1 heterocycles. The van der Waals surface area contributed by atoms with Crippen LogP contribution >= 0.6 is 0 Å². The summed E-state index contributed by atoms with van der Waals surface area (Å²) in [5.41, 5.74) is 10.7. The lowest BCUT2D eigenvalue weighted by molar-refractivity contribution is 0.318. The van der Waals surface area contributed by atoms with Crippen molar-refractivity contribution in [1.29, 1.82) is 0 Å². The van der Waals surface area contributed by atoms with Gasteiger partial charge in [-0.2, -0.15) is 0 Å². The zero-order chi connectivity index (χ0) is 15.6. The maximum absolute atomic E-state index is 9.00. The van der Waals surface area contributed by atoms with Gasteiger partial charge in [0.15, 0.2) is 5.84 Å². The summed E-state index contributed by atoms with van der Waals surface area (Å²) in [6, 6.07) is 8.06. The van der Waals surface area contributed by atoms with E-state index in [1.54, 1.807) is 6.20 Å². The molecule has 0 unspecified atom stereocenters. The van der Waals surface area contributed by atoms with E-state index in [4.69, 9.17) is 10.9 Å². The smallest absolute Gasteiger partial charge is 0.174 e. The second-order valence-electron chi connectivity index (χ2n) is 5.16. The summed E-state index contributed by atoms with van der Waals surface area (Å²) < 4.78 is 0. The van der Waals surface area contributed by atoms with Gasteiger partial charge in [-0.25, -0.2) is 4.98 Å². The minimum Gasteiger partial charge on any atom is -0.409 e. The second-order valence-corrected chi connectivity index (χ2v) is 5.16. The third kappa shape index (κ3) is 2.81. The molecule has 0 amide bonds. The summed E-state index contributed by atoms with van der Waals surface area (Å²) in [6.45, 7) is 6.02. The highest BCUT2D eigenvalue weighted by molar-refractivity contribution is 6.03. The lowest BCUT2D eigenvalue weighted by Gasteiger charge is -2.23. The Kier molecular flexibility index (Phi) is 4.12. The zero-order valence-electron chi connectivity index (χ0n) is 12.8. The number of oxime groups is 1. The van der Waals surface area contributed by atoms with Gasteiger partial charge in [-0.1, -0.05) is 22.9 Å². The minimum absolute atomic E-state index is 0.0622. The average molecular weight is 284 g/mol. The number of nitrogens with zero attached hydrogens (tertiary/aromatic N) is 3. The Hall–Kier alpha value is -2.56. The predicted molar refractivity (Wildman–Crippen MR) is 85.5 cm³/mol. The van der Waals surface area contributed by atoms with E-state index in [0.29, 0.717) is 11.4 Å². The standard InChI is InChI=1S/C16H20N4O/c1-10-5-6-13(12(3)9-10)20(4)16-14(15(17)19-21)11(2)7-8-18-16/h5-9,21H,1-4H3,(H2,17,19). The Labute approximate surface area is 124 Å². The number of amidine groups is 1. The average Bonchev–Trinajstić information content (AvgIpc) is 2.45.